The van der Waals surface area contributed by atoms with Crippen LogP contribution in [0.1, 0.15) is 46.5 Å². The standard InChI is InChI=1S/C13H25NO3/c1-4-13(5-2,12(15)16-6-3)14-10-11-8-7-9-17-11/h11,14H,4-10H2,1-3H3. The summed E-state index contributed by atoms with van der Waals surface area (Å²) in [5, 5.41) is 3.36. The number of ether oxygens (including phenoxy) is 2. The third-order valence-electron chi connectivity index (χ3n) is 3.57. The Bertz CT molecular complexity index is 233. The molecular weight excluding hydrogens is 218 g/mol. The summed E-state index contributed by atoms with van der Waals surface area (Å²) in [5.74, 6) is -0.136. The SMILES string of the molecule is CCOC(=O)C(CC)(CC)NCC1CCCO1. The predicted molar refractivity (Wildman–Crippen MR) is 66.9 cm³/mol. The van der Waals surface area contributed by atoms with Gasteiger partial charge in [-0.3, -0.25) is 10.1 Å². The van der Waals surface area contributed by atoms with Gasteiger partial charge < -0.3 is 9.47 Å². The maximum absolute atomic E-state index is 12.0. The summed E-state index contributed by atoms with van der Waals surface area (Å²) in [5.41, 5.74) is -0.540. The average molecular weight is 243 g/mol. The highest BCUT2D eigenvalue weighted by Gasteiger charge is 2.36. The van der Waals surface area contributed by atoms with Crippen LogP contribution in [0.4, 0.5) is 0 Å². The fourth-order valence-corrected chi connectivity index (χ4v) is 2.24. The number of rotatable bonds is 7. The van der Waals surface area contributed by atoms with Gasteiger partial charge in [0.1, 0.15) is 5.54 Å². The Balaban J connectivity index is 2.53. The van der Waals surface area contributed by atoms with E-state index in [9.17, 15) is 4.79 Å². The molecule has 0 saturated carbocycles. The minimum atomic E-state index is -0.540. The number of hydrogen-bond donors (Lipinski definition) is 1. The van der Waals surface area contributed by atoms with Gasteiger partial charge in [0, 0.05) is 13.2 Å². The highest BCUT2D eigenvalue weighted by Crippen LogP contribution is 2.19. The van der Waals surface area contributed by atoms with E-state index < -0.39 is 5.54 Å². The lowest BCUT2D eigenvalue weighted by molar-refractivity contribution is -0.151. The van der Waals surface area contributed by atoms with Crippen molar-refractivity contribution in [2.24, 2.45) is 0 Å². The molecule has 0 spiro atoms. The van der Waals surface area contributed by atoms with Crippen LogP contribution in [-0.4, -0.2) is 37.4 Å². The van der Waals surface area contributed by atoms with E-state index >= 15 is 0 Å². The summed E-state index contributed by atoms with van der Waals surface area (Å²) in [6, 6.07) is 0. The molecule has 0 radical (unpaired) electrons. The van der Waals surface area contributed by atoms with Gasteiger partial charge in [-0.15, -0.1) is 0 Å². The Labute approximate surface area is 104 Å². The molecular formula is C13H25NO3. The Hall–Kier alpha value is -0.610. The lowest BCUT2D eigenvalue weighted by Crippen LogP contribution is -2.54. The quantitative estimate of drug-likeness (QED) is 0.694. The van der Waals surface area contributed by atoms with Gasteiger partial charge in [-0.05, 0) is 32.6 Å². The van der Waals surface area contributed by atoms with Gasteiger partial charge in [-0.1, -0.05) is 13.8 Å². The maximum atomic E-state index is 12.0. The second-order valence-corrected chi connectivity index (χ2v) is 4.53. The summed E-state index contributed by atoms with van der Waals surface area (Å²) in [7, 11) is 0. The zero-order chi connectivity index (χ0) is 12.7. The van der Waals surface area contributed by atoms with E-state index in [1.54, 1.807) is 0 Å². The van der Waals surface area contributed by atoms with E-state index in [0.717, 1.165) is 38.8 Å². The number of carbonyl (C=O) groups excluding carboxylic acids is 1. The molecule has 0 aliphatic carbocycles. The van der Waals surface area contributed by atoms with Gasteiger partial charge >= 0.3 is 5.97 Å². The molecule has 0 bridgehead atoms. The molecule has 0 aromatic carbocycles. The highest BCUT2D eigenvalue weighted by atomic mass is 16.5. The first-order chi connectivity index (χ1) is 8.18. The normalized spacial score (nSPS) is 20.5. The lowest BCUT2D eigenvalue weighted by Gasteiger charge is -2.31. The molecule has 0 aromatic heterocycles. The van der Waals surface area contributed by atoms with Crippen molar-refractivity contribution in [2.75, 3.05) is 19.8 Å². The molecule has 0 aromatic rings. The number of nitrogens with one attached hydrogen (secondary N) is 1. The minimum absolute atomic E-state index is 0.136. The van der Waals surface area contributed by atoms with Crippen LogP contribution >= 0.6 is 0 Å². The molecule has 4 heteroatoms. The number of carbonyl (C=O) groups is 1. The molecule has 1 heterocycles. The molecule has 1 atom stereocenters. The van der Waals surface area contributed by atoms with Gasteiger partial charge in [-0.25, -0.2) is 0 Å². The van der Waals surface area contributed by atoms with Crippen LogP contribution in [-0.2, 0) is 14.3 Å². The molecule has 0 amide bonds. The van der Waals surface area contributed by atoms with Gasteiger partial charge in [0.15, 0.2) is 0 Å². The summed E-state index contributed by atoms with van der Waals surface area (Å²) in [4.78, 5) is 12.0. The van der Waals surface area contributed by atoms with Crippen LogP contribution in [0.3, 0.4) is 0 Å². The van der Waals surface area contributed by atoms with Crippen molar-refractivity contribution >= 4 is 5.97 Å². The predicted octanol–water partition coefficient (Wildman–Crippen LogP) is 1.88. The van der Waals surface area contributed by atoms with E-state index in [1.807, 2.05) is 20.8 Å². The molecule has 1 fully saturated rings. The van der Waals surface area contributed by atoms with Crippen LogP contribution in [0.15, 0.2) is 0 Å². The molecule has 17 heavy (non-hydrogen) atoms. The van der Waals surface area contributed by atoms with E-state index in [0.29, 0.717) is 6.61 Å². The monoisotopic (exact) mass is 243 g/mol. The second kappa shape index (κ2) is 6.97. The van der Waals surface area contributed by atoms with Gasteiger partial charge in [0.25, 0.3) is 0 Å². The van der Waals surface area contributed by atoms with Crippen LogP contribution < -0.4 is 5.32 Å². The first-order valence-electron chi connectivity index (χ1n) is 6.72. The van der Waals surface area contributed by atoms with Gasteiger partial charge in [0.05, 0.1) is 12.7 Å². The van der Waals surface area contributed by atoms with Crippen molar-refractivity contribution in [1.29, 1.82) is 0 Å². The average Bonchev–Trinajstić information content (AvgIpc) is 2.84. The Morgan fingerprint density at radius 1 is 1.41 bits per heavy atom. The molecule has 1 unspecified atom stereocenters. The number of esters is 1. The van der Waals surface area contributed by atoms with Crippen LogP contribution in [0.2, 0.25) is 0 Å². The molecule has 4 nitrogen and oxygen atoms in total. The first-order valence-corrected chi connectivity index (χ1v) is 6.72. The molecule has 1 saturated heterocycles. The smallest absolute Gasteiger partial charge is 0.326 e. The largest absolute Gasteiger partial charge is 0.465 e. The molecule has 1 aliphatic rings. The zero-order valence-electron chi connectivity index (χ0n) is 11.3. The van der Waals surface area contributed by atoms with E-state index in [-0.39, 0.29) is 12.1 Å². The Morgan fingerprint density at radius 2 is 2.12 bits per heavy atom. The van der Waals surface area contributed by atoms with Crippen molar-refractivity contribution < 1.29 is 14.3 Å². The first kappa shape index (κ1) is 14.5. The van der Waals surface area contributed by atoms with Crippen molar-refractivity contribution in [3.8, 4) is 0 Å². The molecule has 1 N–H and O–H groups in total. The van der Waals surface area contributed by atoms with Crippen LogP contribution in [0.5, 0.6) is 0 Å². The second-order valence-electron chi connectivity index (χ2n) is 4.53. The molecule has 100 valence electrons. The lowest BCUT2D eigenvalue weighted by atomic mass is 9.92. The number of hydrogen-bond acceptors (Lipinski definition) is 4. The van der Waals surface area contributed by atoms with Crippen LogP contribution in [0, 0.1) is 0 Å². The van der Waals surface area contributed by atoms with Crippen molar-refractivity contribution in [2.45, 2.75) is 58.1 Å². The third-order valence-corrected chi connectivity index (χ3v) is 3.57. The maximum Gasteiger partial charge on any atom is 0.326 e. The summed E-state index contributed by atoms with van der Waals surface area (Å²) in [6.45, 7) is 7.89. The molecule has 1 rings (SSSR count). The fraction of sp³-hybridized carbons (Fsp3) is 0.923. The molecule has 1 aliphatic heterocycles. The van der Waals surface area contributed by atoms with E-state index in [4.69, 9.17) is 9.47 Å². The minimum Gasteiger partial charge on any atom is -0.465 e. The topological polar surface area (TPSA) is 47.6 Å². The van der Waals surface area contributed by atoms with Gasteiger partial charge in [-0.2, -0.15) is 0 Å². The Morgan fingerprint density at radius 3 is 2.59 bits per heavy atom. The van der Waals surface area contributed by atoms with Crippen LogP contribution in [0.25, 0.3) is 0 Å². The van der Waals surface area contributed by atoms with Crippen molar-refractivity contribution in [1.82, 2.24) is 5.32 Å². The van der Waals surface area contributed by atoms with Gasteiger partial charge in [0.2, 0.25) is 0 Å². The van der Waals surface area contributed by atoms with E-state index in [2.05, 4.69) is 5.32 Å². The summed E-state index contributed by atoms with van der Waals surface area (Å²) >= 11 is 0. The highest BCUT2D eigenvalue weighted by molar-refractivity contribution is 5.80. The zero-order valence-corrected chi connectivity index (χ0v) is 11.3. The Kier molecular flexibility index (Phi) is 5.92. The van der Waals surface area contributed by atoms with E-state index in [1.165, 1.54) is 0 Å². The fourth-order valence-electron chi connectivity index (χ4n) is 2.24. The van der Waals surface area contributed by atoms with Crippen molar-refractivity contribution in [3.63, 3.8) is 0 Å². The summed E-state index contributed by atoms with van der Waals surface area (Å²) < 4.78 is 10.7. The van der Waals surface area contributed by atoms with Crippen molar-refractivity contribution in [3.05, 3.63) is 0 Å². The summed E-state index contributed by atoms with van der Waals surface area (Å²) in [6.07, 6.45) is 3.95. The third kappa shape index (κ3) is 3.68.